The summed E-state index contributed by atoms with van der Waals surface area (Å²) in [6.45, 7) is 0. The summed E-state index contributed by atoms with van der Waals surface area (Å²) in [7, 11) is 0. The van der Waals surface area contributed by atoms with Crippen LogP contribution in [-0.4, -0.2) is 20.9 Å². The molecule has 4 nitrogen and oxygen atoms in total. The molecule has 0 atom stereocenters. The van der Waals surface area contributed by atoms with E-state index in [4.69, 9.17) is 11.6 Å². The Labute approximate surface area is 79.2 Å². The van der Waals surface area contributed by atoms with Crippen molar-refractivity contribution in [3.05, 3.63) is 29.3 Å². The number of hydrogen-bond acceptors (Lipinski definition) is 3. The van der Waals surface area contributed by atoms with Crippen molar-refractivity contribution in [1.29, 1.82) is 0 Å². The Balaban J connectivity index is 2.67. The predicted octanol–water partition coefficient (Wildman–Crippen LogP) is 1.12. The van der Waals surface area contributed by atoms with Gasteiger partial charge < -0.3 is 4.79 Å². The summed E-state index contributed by atoms with van der Waals surface area (Å²) in [5, 5.41) is 4.38. The topological polar surface area (TPSA) is 47.3 Å². The zero-order chi connectivity index (χ0) is 9.26. The van der Waals surface area contributed by atoms with Crippen LogP contribution in [0.15, 0.2) is 18.5 Å². The molecule has 0 saturated heterocycles. The quantitative estimate of drug-likeness (QED) is 0.675. The molecular weight excluding hydrogens is 190 g/mol. The van der Waals surface area contributed by atoms with Crippen LogP contribution in [0.4, 0.5) is 0 Å². The van der Waals surface area contributed by atoms with E-state index in [1.165, 1.54) is 6.33 Å². The Morgan fingerprint density at radius 2 is 2.38 bits per heavy atom. The molecular formula is C8H6ClN3O. The van der Waals surface area contributed by atoms with Gasteiger partial charge in [-0.15, -0.1) is 0 Å². The summed E-state index contributed by atoms with van der Waals surface area (Å²) < 4.78 is 1.61. The molecule has 0 spiro atoms. The number of fused-ring (bicyclic) bond motifs is 1. The van der Waals surface area contributed by atoms with Crippen LogP contribution in [0.5, 0.6) is 0 Å². The summed E-state index contributed by atoms with van der Waals surface area (Å²) in [4.78, 5) is 14.1. The van der Waals surface area contributed by atoms with E-state index in [1.54, 1.807) is 10.6 Å². The van der Waals surface area contributed by atoms with Gasteiger partial charge in [0.25, 0.3) is 0 Å². The van der Waals surface area contributed by atoms with Crippen LogP contribution in [0.2, 0.25) is 5.15 Å². The van der Waals surface area contributed by atoms with E-state index in [0.717, 1.165) is 17.5 Å². The van der Waals surface area contributed by atoms with Gasteiger partial charge in [0.05, 0.1) is 0 Å². The Kier molecular flexibility index (Phi) is 1.98. The largest absolute Gasteiger partial charge is 0.303 e. The third kappa shape index (κ3) is 1.29. The van der Waals surface area contributed by atoms with Gasteiger partial charge in [-0.25, -0.2) is 9.50 Å². The second-order valence-corrected chi connectivity index (χ2v) is 2.90. The van der Waals surface area contributed by atoms with Gasteiger partial charge in [0.2, 0.25) is 0 Å². The summed E-state index contributed by atoms with van der Waals surface area (Å²) in [5.41, 5.74) is 1.54. The van der Waals surface area contributed by atoms with Crippen LogP contribution in [0.25, 0.3) is 5.52 Å². The minimum atomic E-state index is 0.335. The average Bonchev–Trinajstić information content (AvgIpc) is 2.51. The molecule has 66 valence electrons. The lowest BCUT2D eigenvalue weighted by Gasteiger charge is -1.97. The Hall–Kier alpha value is -1.42. The maximum atomic E-state index is 10.3. The summed E-state index contributed by atoms with van der Waals surface area (Å²) in [6, 6.07) is 3.60. The molecule has 2 heterocycles. The van der Waals surface area contributed by atoms with Gasteiger partial charge in [-0.3, -0.25) is 0 Å². The molecule has 0 aliphatic heterocycles. The number of aldehydes is 1. The van der Waals surface area contributed by atoms with Crippen LogP contribution >= 0.6 is 11.6 Å². The van der Waals surface area contributed by atoms with E-state index in [9.17, 15) is 4.79 Å². The maximum absolute atomic E-state index is 10.3. The highest BCUT2D eigenvalue weighted by atomic mass is 35.5. The molecule has 0 radical (unpaired) electrons. The van der Waals surface area contributed by atoms with Crippen molar-refractivity contribution in [3.8, 4) is 0 Å². The number of carbonyl (C=O) groups is 1. The van der Waals surface area contributed by atoms with Crippen molar-refractivity contribution < 1.29 is 4.79 Å². The average molecular weight is 196 g/mol. The highest BCUT2D eigenvalue weighted by molar-refractivity contribution is 6.32. The van der Waals surface area contributed by atoms with Crippen molar-refractivity contribution in [1.82, 2.24) is 14.6 Å². The zero-order valence-corrected chi connectivity index (χ0v) is 7.40. The Morgan fingerprint density at radius 1 is 1.54 bits per heavy atom. The zero-order valence-electron chi connectivity index (χ0n) is 6.64. The SMILES string of the molecule is O=CCc1ccc2c(Cl)ncnn12. The minimum Gasteiger partial charge on any atom is -0.303 e. The van der Waals surface area contributed by atoms with Crippen LogP contribution in [0.1, 0.15) is 5.69 Å². The second-order valence-electron chi connectivity index (χ2n) is 2.54. The molecule has 2 aromatic rings. The molecule has 5 heteroatoms. The van der Waals surface area contributed by atoms with E-state index in [0.29, 0.717) is 11.6 Å². The summed E-state index contributed by atoms with van der Waals surface area (Å²) >= 11 is 5.81. The Bertz CT molecular complexity index is 452. The molecule has 13 heavy (non-hydrogen) atoms. The van der Waals surface area contributed by atoms with Crippen molar-refractivity contribution in [2.45, 2.75) is 6.42 Å². The number of nitrogens with zero attached hydrogens (tertiary/aromatic N) is 3. The van der Waals surface area contributed by atoms with E-state index in [-0.39, 0.29) is 0 Å². The lowest BCUT2D eigenvalue weighted by Crippen LogP contribution is -1.98. The first-order valence-electron chi connectivity index (χ1n) is 3.73. The Morgan fingerprint density at radius 3 is 3.15 bits per heavy atom. The maximum Gasteiger partial charge on any atom is 0.156 e. The standard InChI is InChI=1S/C8H6ClN3O/c9-8-7-2-1-6(3-4-13)12(7)11-5-10-8/h1-2,4-5H,3H2. The number of hydrogen-bond donors (Lipinski definition) is 0. The fourth-order valence-electron chi connectivity index (χ4n) is 1.20. The first-order chi connectivity index (χ1) is 6.33. The van der Waals surface area contributed by atoms with Gasteiger partial charge in [-0.05, 0) is 12.1 Å². The van der Waals surface area contributed by atoms with E-state index in [2.05, 4.69) is 10.1 Å². The minimum absolute atomic E-state index is 0.335. The molecule has 0 aliphatic rings. The van der Waals surface area contributed by atoms with Crippen molar-refractivity contribution in [3.63, 3.8) is 0 Å². The molecule has 0 fully saturated rings. The first-order valence-corrected chi connectivity index (χ1v) is 4.11. The third-order valence-corrected chi connectivity index (χ3v) is 2.07. The highest BCUT2D eigenvalue weighted by Gasteiger charge is 2.04. The van der Waals surface area contributed by atoms with Gasteiger partial charge in [-0.1, -0.05) is 11.6 Å². The van der Waals surface area contributed by atoms with Crippen molar-refractivity contribution in [2.24, 2.45) is 0 Å². The molecule has 2 rings (SSSR count). The van der Waals surface area contributed by atoms with E-state index >= 15 is 0 Å². The summed E-state index contributed by atoms with van der Waals surface area (Å²) in [6.07, 6.45) is 2.53. The monoisotopic (exact) mass is 195 g/mol. The molecule has 0 saturated carbocycles. The van der Waals surface area contributed by atoms with Gasteiger partial charge in [-0.2, -0.15) is 5.10 Å². The fraction of sp³-hybridized carbons (Fsp3) is 0.125. The lowest BCUT2D eigenvalue weighted by atomic mass is 10.3. The van der Waals surface area contributed by atoms with Crippen LogP contribution < -0.4 is 0 Å². The van der Waals surface area contributed by atoms with E-state index in [1.807, 2.05) is 6.07 Å². The number of carbonyl (C=O) groups excluding carboxylic acids is 1. The van der Waals surface area contributed by atoms with Gasteiger partial charge in [0, 0.05) is 12.1 Å². The molecule has 0 unspecified atom stereocenters. The fourth-order valence-corrected chi connectivity index (χ4v) is 1.38. The normalized spacial score (nSPS) is 10.5. The molecule has 0 bridgehead atoms. The molecule has 0 aromatic carbocycles. The third-order valence-electron chi connectivity index (χ3n) is 1.78. The van der Waals surface area contributed by atoms with Crippen molar-refractivity contribution >= 4 is 23.4 Å². The lowest BCUT2D eigenvalue weighted by molar-refractivity contribution is -0.107. The van der Waals surface area contributed by atoms with Gasteiger partial charge in [0.1, 0.15) is 18.1 Å². The van der Waals surface area contributed by atoms with Crippen LogP contribution in [0.3, 0.4) is 0 Å². The van der Waals surface area contributed by atoms with Crippen molar-refractivity contribution in [2.75, 3.05) is 0 Å². The summed E-state index contributed by atoms with van der Waals surface area (Å²) in [5.74, 6) is 0. The molecule has 0 N–H and O–H groups in total. The first kappa shape index (κ1) is 8.19. The van der Waals surface area contributed by atoms with Gasteiger partial charge >= 0.3 is 0 Å². The smallest absolute Gasteiger partial charge is 0.156 e. The highest BCUT2D eigenvalue weighted by Crippen LogP contribution is 2.15. The molecule has 2 aromatic heterocycles. The number of aromatic nitrogens is 3. The molecule has 0 aliphatic carbocycles. The van der Waals surface area contributed by atoms with Crippen LogP contribution in [0, 0.1) is 0 Å². The molecule has 0 amide bonds. The number of halogens is 1. The predicted molar refractivity (Wildman–Crippen MR) is 47.8 cm³/mol. The van der Waals surface area contributed by atoms with Crippen LogP contribution in [-0.2, 0) is 11.2 Å². The second kappa shape index (κ2) is 3.14. The van der Waals surface area contributed by atoms with E-state index < -0.39 is 0 Å². The number of rotatable bonds is 2. The van der Waals surface area contributed by atoms with Gasteiger partial charge in [0.15, 0.2) is 5.15 Å².